The Balaban J connectivity index is 1.59. The highest BCUT2D eigenvalue weighted by Gasteiger charge is 2.36. The van der Waals surface area contributed by atoms with E-state index >= 15 is 0 Å². The maximum atomic E-state index is 13.1. The first kappa shape index (κ1) is 24.3. The average molecular weight is 511 g/mol. The average Bonchev–Trinajstić information content (AvgIpc) is 2.82. The number of rotatable bonds is 6. The zero-order valence-electron chi connectivity index (χ0n) is 18.8. The molecule has 1 fully saturated rings. The standard InChI is InChI=1S/C26H20Cl2N2O5/c1-15-3-8-19(9-4-15)30-25(32)20(24(31)29-26(30)33)11-16-5-10-22(23(12-16)34-2)35-14-17-6-7-18(27)13-21(17)28/h3-13H,14H2,1-2H3,(H,29,31,33)/b20-11-. The third-order valence-electron chi connectivity index (χ3n) is 5.29. The fourth-order valence-corrected chi connectivity index (χ4v) is 3.90. The van der Waals surface area contributed by atoms with E-state index in [4.69, 9.17) is 32.7 Å². The smallest absolute Gasteiger partial charge is 0.335 e. The molecule has 178 valence electrons. The van der Waals surface area contributed by atoms with Crippen molar-refractivity contribution < 1.29 is 23.9 Å². The lowest BCUT2D eigenvalue weighted by Crippen LogP contribution is -2.54. The summed E-state index contributed by atoms with van der Waals surface area (Å²) in [6.45, 7) is 2.07. The first-order chi connectivity index (χ1) is 16.8. The van der Waals surface area contributed by atoms with Crippen LogP contribution in [-0.4, -0.2) is 25.0 Å². The van der Waals surface area contributed by atoms with Crippen molar-refractivity contribution in [2.75, 3.05) is 12.0 Å². The zero-order chi connectivity index (χ0) is 25.1. The molecule has 0 saturated carbocycles. The Kier molecular flexibility index (Phi) is 7.10. The summed E-state index contributed by atoms with van der Waals surface area (Å²) in [5, 5.41) is 3.22. The van der Waals surface area contributed by atoms with Gasteiger partial charge in [-0.05, 0) is 55.0 Å². The lowest BCUT2D eigenvalue weighted by molar-refractivity contribution is -0.122. The van der Waals surface area contributed by atoms with Crippen molar-refractivity contribution >= 4 is 52.8 Å². The number of anilines is 1. The van der Waals surface area contributed by atoms with Gasteiger partial charge in [0.05, 0.1) is 12.8 Å². The third kappa shape index (κ3) is 5.31. The van der Waals surface area contributed by atoms with Gasteiger partial charge in [-0.25, -0.2) is 9.69 Å². The molecule has 7 nitrogen and oxygen atoms in total. The van der Waals surface area contributed by atoms with Gasteiger partial charge in [-0.3, -0.25) is 14.9 Å². The van der Waals surface area contributed by atoms with Crippen LogP contribution < -0.4 is 19.7 Å². The number of hydrogen-bond donors (Lipinski definition) is 1. The maximum absolute atomic E-state index is 13.1. The summed E-state index contributed by atoms with van der Waals surface area (Å²) in [7, 11) is 1.48. The molecule has 0 spiro atoms. The number of amides is 4. The lowest BCUT2D eigenvalue weighted by Gasteiger charge is -2.26. The van der Waals surface area contributed by atoms with Gasteiger partial charge in [0, 0.05) is 15.6 Å². The van der Waals surface area contributed by atoms with Crippen molar-refractivity contribution in [3.8, 4) is 11.5 Å². The van der Waals surface area contributed by atoms with E-state index in [1.54, 1.807) is 60.7 Å². The highest BCUT2D eigenvalue weighted by molar-refractivity contribution is 6.39. The number of aryl methyl sites for hydroxylation is 1. The molecule has 1 N–H and O–H groups in total. The molecule has 1 saturated heterocycles. The number of imide groups is 2. The first-order valence-electron chi connectivity index (χ1n) is 10.5. The summed E-state index contributed by atoms with van der Waals surface area (Å²) in [6, 6.07) is 16.1. The van der Waals surface area contributed by atoms with Gasteiger partial charge >= 0.3 is 6.03 Å². The Morgan fingerprint density at radius 1 is 0.943 bits per heavy atom. The number of benzene rings is 3. The van der Waals surface area contributed by atoms with E-state index < -0.39 is 17.8 Å². The number of carbonyl (C=O) groups is 3. The second-order valence-electron chi connectivity index (χ2n) is 7.73. The molecule has 0 atom stereocenters. The van der Waals surface area contributed by atoms with Crippen LogP contribution in [0.15, 0.2) is 66.2 Å². The Hall–Kier alpha value is -3.81. The number of hydrogen-bond acceptors (Lipinski definition) is 5. The Morgan fingerprint density at radius 3 is 2.37 bits per heavy atom. The van der Waals surface area contributed by atoms with E-state index in [1.165, 1.54) is 13.2 Å². The number of nitrogens with one attached hydrogen (secondary N) is 1. The molecule has 1 heterocycles. The van der Waals surface area contributed by atoms with Crippen LogP contribution in [0.3, 0.4) is 0 Å². The van der Waals surface area contributed by atoms with E-state index in [-0.39, 0.29) is 12.2 Å². The fourth-order valence-electron chi connectivity index (χ4n) is 3.44. The summed E-state index contributed by atoms with van der Waals surface area (Å²) in [5.41, 5.74) is 2.40. The minimum Gasteiger partial charge on any atom is -0.493 e. The highest BCUT2D eigenvalue weighted by Crippen LogP contribution is 2.31. The Labute approximate surface area is 211 Å². The van der Waals surface area contributed by atoms with Crippen molar-refractivity contribution in [2.45, 2.75) is 13.5 Å². The molecule has 3 aromatic carbocycles. The monoisotopic (exact) mass is 510 g/mol. The van der Waals surface area contributed by atoms with Crippen molar-refractivity contribution in [2.24, 2.45) is 0 Å². The topological polar surface area (TPSA) is 84.9 Å². The number of ether oxygens (including phenoxy) is 2. The molecule has 4 amide bonds. The molecule has 1 aliphatic rings. The SMILES string of the molecule is COc1cc(/C=C2/C(=O)NC(=O)N(c3ccc(C)cc3)C2=O)ccc1OCc1ccc(Cl)cc1Cl. The molecule has 0 aromatic heterocycles. The predicted octanol–water partition coefficient (Wildman–Crippen LogP) is 5.56. The molecule has 0 radical (unpaired) electrons. The number of methoxy groups -OCH3 is 1. The number of halogens is 2. The predicted molar refractivity (Wildman–Crippen MR) is 134 cm³/mol. The number of urea groups is 1. The first-order valence-corrected chi connectivity index (χ1v) is 11.3. The molecule has 1 aliphatic heterocycles. The fraction of sp³-hybridized carbons (Fsp3) is 0.115. The highest BCUT2D eigenvalue weighted by atomic mass is 35.5. The summed E-state index contributed by atoms with van der Waals surface area (Å²) >= 11 is 12.1. The van der Waals surface area contributed by atoms with Crippen LogP contribution in [0.1, 0.15) is 16.7 Å². The number of nitrogens with zero attached hydrogens (tertiary/aromatic N) is 1. The van der Waals surface area contributed by atoms with Gasteiger partial charge in [0.2, 0.25) is 0 Å². The Morgan fingerprint density at radius 2 is 1.69 bits per heavy atom. The lowest BCUT2D eigenvalue weighted by atomic mass is 10.1. The molecule has 4 rings (SSSR count). The van der Waals surface area contributed by atoms with Gasteiger partial charge in [-0.15, -0.1) is 0 Å². The van der Waals surface area contributed by atoms with Crippen LogP contribution in [0.4, 0.5) is 10.5 Å². The number of carbonyl (C=O) groups excluding carboxylic acids is 3. The molecule has 3 aromatic rings. The minimum atomic E-state index is -0.803. The van der Waals surface area contributed by atoms with Crippen LogP contribution >= 0.6 is 23.2 Å². The minimum absolute atomic E-state index is 0.182. The maximum Gasteiger partial charge on any atom is 0.335 e. The third-order valence-corrected chi connectivity index (χ3v) is 5.88. The van der Waals surface area contributed by atoms with Crippen molar-refractivity contribution in [1.82, 2.24) is 5.32 Å². The van der Waals surface area contributed by atoms with Gasteiger partial charge in [-0.1, -0.05) is 53.0 Å². The second-order valence-corrected chi connectivity index (χ2v) is 8.57. The van der Waals surface area contributed by atoms with Crippen LogP contribution in [0.25, 0.3) is 6.08 Å². The van der Waals surface area contributed by atoms with Crippen molar-refractivity contribution in [3.63, 3.8) is 0 Å². The molecular weight excluding hydrogens is 491 g/mol. The van der Waals surface area contributed by atoms with E-state index in [0.29, 0.717) is 32.8 Å². The van der Waals surface area contributed by atoms with E-state index in [9.17, 15) is 14.4 Å². The van der Waals surface area contributed by atoms with Gasteiger partial charge in [0.25, 0.3) is 11.8 Å². The Bertz CT molecular complexity index is 1350. The summed E-state index contributed by atoms with van der Waals surface area (Å²) < 4.78 is 11.3. The van der Waals surface area contributed by atoms with Crippen LogP contribution in [-0.2, 0) is 16.2 Å². The van der Waals surface area contributed by atoms with Crippen LogP contribution in [0, 0.1) is 6.92 Å². The quantitative estimate of drug-likeness (QED) is 0.346. The van der Waals surface area contributed by atoms with Crippen LogP contribution in [0.5, 0.6) is 11.5 Å². The molecule has 35 heavy (non-hydrogen) atoms. The second kappa shape index (κ2) is 10.2. The van der Waals surface area contributed by atoms with Gasteiger partial charge < -0.3 is 9.47 Å². The van der Waals surface area contributed by atoms with Gasteiger partial charge in [0.15, 0.2) is 11.5 Å². The molecule has 0 aliphatic carbocycles. The zero-order valence-corrected chi connectivity index (χ0v) is 20.3. The normalized spacial score (nSPS) is 14.8. The molecule has 0 bridgehead atoms. The largest absolute Gasteiger partial charge is 0.493 e. The summed E-state index contributed by atoms with van der Waals surface area (Å²) in [4.78, 5) is 38.8. The van der Waals surface area contributed by atoms with E-state index in [1.807, 2.05) is 6.92 Å². The van der Waals surface area contributed by atoms with Gasteiger partial charge in [0.1, 0.15) is 12.2 Å². The van der Waals surface area contributed by atoms with Crippen molar-refractivity contribution in [3.05, 3.63) is 93.0 Å². The molecular formula is C26H20Cl2N2O5. The van der Waals surface area contributed by atoms with Crippen molar-refractivity contribution in [1.29, 1.82) is 0 Å². The number of barbiturate groups is 1. The summed E-state index contributed by atoms with van der Waals surface area (Å²) in [6.07, 6.45) is 1.40. The van der Waals surface area contributed by atoms with E-state index in [2.05, 4.69) is 5.32 Å². The van der Waals surface area contributed by atoms with E-state index in [0.717, 1.165) is 16.0 Å². The molecule has 0 unspecified atom stereocenters. The van der Waals surface area contributed by atoms with Gasteiger partial charge in [-0.2, -0.15) is 0 Å². The molecule has 9 heteroatoms. The summed E-state index contributed by atoms with van der Waals surface area (Å²) in [5.74, 6) is -0.671. The van der Waals surface area contributed by atoms with Crippen LogP contribution in [0.2, 0.25) is 10.0 Å².